The van der Waals surface area contributed by atoms with Crippen LogP contribution in [0.15, 0.2) is 24.3 Å². The van der Waals surface area contributed by atoms with Crippen molar-refractivity contribution in [1.82, 2.24) is 0 Å². The number of hydrogen-bond donors (Lipinski definition) is 0. The van der Waals surface area contributed by atoms with Crippen molar-refractivity contribution in [2.45, 2.75) is 13.1 Å². The molecule has 1 radical (unpaired) electrons. The summed E-state index contributed by atoms with van der Waals surface area (Å²) in [5.41, 5.74) is 0. The fourth-order valence-corrected chi connectivity index (χ4v) is 1.68. The zero-order valence-electron chi connectivity index (χ0n) is 7.49. The molecule has 12 heavy (non-hydrogen) atoms. The van der Waals surface area contributed by atoms with Gasteiger partial charge in [-0.1, -0.05) is 0 Å². The zero-order valence-corrected chi connectivity index (χ0v) is 9.43. The third-order valence-corrected chi connectivity index (χ3v) is 2.94. The Morgan fingerprint density at radius 2 is 1.92 bits per heavy atom. The van der Waals surface area contributed by atoms with Crippen molar-refractivity contribution in [2.24, 2.45) is 0 Å². The topological polar surface area (TPSA) is 0 Å². The van der Waals surface area contributed by atoms with Crippen LogP contribution in [0.25, 0.3) is 0 Å². The molecule has 4 heteroatoms. The van der Waals surface area contributed by atoms with Crippen LogP contribution >= 0.6 is 0 Å². The van der Waals surface area contributed by atoms with Crippen molar-refractivity contribution >= 4 is 32.5 Å². The first kappa shape index (κ1) is 15.0. The minimum atomic E-state index is -2.59. The minimum Gasteiger partial charge on any atom is -0.311 e. The van der Waals surface area contributed by atoms with E-state index in [1.54, 1.807) is 25.2 Å². The maximum absolute atomic E-state index is 13.2. The van der Waals surface area contributed by atoms with Crippen LogP contribution in [-0.4, -0.2) is 27.3 Å². The molecule has 1 rings (SSSR count). The molecule has 0 nitrogen and oxygen atoms in total. The maximum atomic E-state index is 13.2. The van der Waals surface area contributed by atoms with E-state index in [4.69, 9.17) is 0 Å². The average molecular weight is 224 g/mol. The Morgan fingerprint density at radius 3 is 2.17 bits per heavy atom. The van der Waals surface area contributed by atoms with Gasteiger partial charge in [0, 0.05) is 18.9 Å². The van der Waals surface area contributed by atoms with Gasteiger partial charge < -0.3 is 4.11 Å². The van der Waals surface area contributed by atoms with Gasteiger partial charge in [0.15, 0.2) is 0 Å². The van der Waals surface area contributed by atoms with E-state index in [2.05, 4.69) is 6.07 Å². The second-order valence-electron chi connectivity index (χ2n) is 2.75. The van der Waals surface area contributed by atoms with E-state index in [1.165, 1.54) is 0 Å². The second-order valence-corrected chi connectivity index (χ2v) is 6.23. The number of halogens is 1. The molecule has 0 aliphatic heterocycles. The Bertz CT molecular complexity index is 210. The molecule has 0 spiro atoms. The van der Waals surface area contributed by atoms with Crippen LogP contribution in [0.1, 0.15) is 0 Å². The Labute approximate surface area is 96.8 Å². The Balaban J connectivity index is 0. The molecule has 0 amide bonds. The molecule has 0 atom stereocenters. The summed E-state index contributed by atoms with van der Waals surface area (Å²) >= 11 is 0. The molecule has 0 aromatic heterocycles. The molecule has 0 heterocycles. The summed E-state index contributed by atoms with van der Waals surface area (Å²) in [4.78, 5) is 0. The fourth-order valence-electron chi connectivity index (χ4n) is 0.763. The monoisotopic (exact) mass is 223 g/mol. The first-order valence-electron chi connectivity index (χ1n) is 3.27. The summed E-state index contributed by atoms with van der Waals surface area (Å²) in [6.45, 7) is 3.33. The number of hydrogen-bond acceptors (Lipinski definition) is 0. The van der Waals surface area contributed by atoms with Gasteiger partial charge in [-0.15, -0.1) is 5.19 Å². The van der Waals surface area contributed by atoms with Gasteiger partial charge in [0.05, 0.1) is 0 Å². The quantitative estimate of drug-likeness (QED) is 0.385. The van der Waals surface area contributed by atoms with Crippen LogP contribution in [0.3, 0.4) is 0 Å². The minimum absolute atomic E-state index is 0. The van der Waals surface area contributed by atoms with Crippen molar-refractivity contribution in [3.8, 4) is 0 Å². The molecule has 1 aromatic carbocycles. The molecule has 0 fully saturated rings. The first-order valence-corrected chi connectivity index (χ1v) is 6.14. The third kappa shape index (κ3) is 4.49. The van der Waals surface area contributed by atoms with Crippen molar-refractivity contribution < 1.29 is 21.2 Å². The van der Waals surface area contributed by atoms with Gasteiger partial charge in [-0.2, -0.15) is 30.3 Å². The zero-order chi connectivity index (χ0) is 7.61. The molecule has 0 aliphatic rings. The summed E-state index contributed by atoms with van der Waals surface area (Å²) in [5.74, 6) is 0. The molecular weight excluding hydrogens is 214 g/mol. The fraction of sp³-hybridized carbons (Fsp3) is 0.250. The van der Waals surface area contributed by atoms with Gasteiger partial charge in [-0.25, -0.2) is 0 Å². The van der Waals surface area contributed by atoms with Gasteiger partial charge in [0.2, 0.25) is 8.41 Å². The molecule has 0 unspecified atom stereocenters. The van der Waals surface area contributed by atoms with Crippen molar-refractivity contribution in [3.63, 3.8) is 0 Å². The van der Waals surface area contributed by atoms with Crippen LogP contribution < -0.4 is 5.19 Å². The van der Waals surface area contributed by atoms with Crippen molar-refractivity contribution in [3.05, 3.63) is 30.3 Å². The van der Waals surface area contributed by atoms with Crippen molar-refractivity contribution in [1.29, 1.82) is 0 Å². The average Bonchev–Trinajstić information content (AvgIpc) is 1.88. The van der Waals surface area contributed by atoms with Gasteiger partial charge in [0.25, 0.3) is 0 Å². The van der Waals surface area contributed by atoms with E-state index in [1.807, 2.05) is 12.1 Å². The van der Waals surface area contributed by atoms with E-state index in [0.29, 0.717) is 0 Å². The molecule has 0 aliphatic carbocycles. The molecule has 0 saturated carbocycles. The van der Waals surface area contributed by atoms with E-state index in [-0.39, 0.29) is 35.9 Å². The molecule has 0 bridgehead atoms. The summed E-state index contributed by atoms with van der Waals surface area (Å²) in [6.07, 6.45) is 0. The van der Waals surface area contributed by atoms with E-state index in [0.717, 1.165) is 5.19 Å². The standard InChI is InChI=1S/C8H10FSi.Cu.Li/c1-10(2,9)8-6-4-3-5-7-8;;/h3-6H,1-2H3;;/q-1;+1;. The normalized spacial score (nSPS) is 9.58. The molecule has 1 aromatic rings. The predicted octanol–water partition coefficient (Wildman–Crippen LogP) is 1.49. The predicted molar refractivity (Wildman–Crippen MR) is 49.3 cm³/mol. The van der Waals surface area contributed by atoms with Crippen LogP contribution in [0.2, 0.25) is 13.1 Å². The van der Waals surface area contributed by atoms with E-state index in [9.17, 15) is 4.11 Å². The van der Waals surface area contributed by atoms with Gasteiger partial charge in [-0.3, -0.25) is 0 Å². The molecular formula is C8H10CuFLiSi. The SMILES string of the molecule is C[Si](C)(F)c1[c-]cccc1.[Cu+].[Li]. The Morgan fingerprint density at radius 1 is 1.33 bits per heavy atom. The second kappa shape index (κ2) is 6.02. The largest absolute Gasteiger partial charge is 1.00 e. The van der Waals surface area contributed by atoms with Crippen molar-refractivity contribution in [2.75, 3.05) is 0 Å². The third-order valence-electron chi connectivity index (χ3n) is 1.35. The molecule has 0 N–H and O–H groups in total. The summed E-state index contributed by atoms with van der Waals surface area (Å²) in [5, 5.41) is 0.745. The van der Waals surface area contributed by atoms with E-state index >= 15 is 0 Å². The Hall–Kier alpha value is 0.484. The van der Waals surface area contributed by atoms with Crippen LogP contribution in [-0.2, 0) is 17.1 Å². The maximum Gasteiger partial charge on any atom is 1.00 e. The number of rotatable bonds is 1. The van der Waals surface area contributed by atoms with Gasteiger partial charge in [0.1, 0.15) is 0 Å². The Kier molecular flexibility index (Phi) is 7.51. The summed E-state index contributed by atoms with van der Waals surface area (Å²) < 4.78 is 13.2. The van der Waals surface area contributed by atoms with Crippen LogP contribution in [0, 0.1) is 6.07 Å². The van der Waals surface area contributed by atoms with Gasteiger partial charge >= 0.3 is 17.1 Å². The van der Waals surface area contributed by atoms with E-state index < -0.39 is 8.41 Å². The molecule has 0 saturated heterocycles. The number of benzene rings is 1. The molecule has 65 valence electrons. The summed E-state index contributed by atoms with van der Waals surface area (Å²) in [7, 11) is -2.59. The summed E-state index contributed by atoms with van der Waals surface area (Å²) in [6, 6.07) is 10.1. The van der Waals surface area contributed by atoms with Crippen LogP contribution in [0.4, 0.5) is 4.11 Å². The smallest absolute Gasteiger partial charge is 0.311 e. The van der Waals surface area contributed by atoms with Gasteiger partial charge in [-0.05, 0) is 13.1 Å². The van der Waals surface area contributed by atoms with Crippen LogP contribution in [0.5, 0.6) is 0 Å². The first-order chi connectivity index (χ1) is 4.61.